The number of fused-ring (bicyclic) bond motifs is 3. The molecule has 0 N–H and O–H groups in total. The van der Waals surface area contributed by atoms with Gasteiger partial charge in [0.15, 0.2) is 5.82 Å². The van der Waals surface area contributed by atoms with Crippen molar-refractivity contribution >= 4 is 16.3 Å². The maximum absolute atomic E-state index is 5.11. The first-order valence-electron chi connectivity index (χ1n) is 18.5. The highest BCUT2D eigenvalue weighted by Crippen LogP contribution is 2.43. The van der Waals surface area contributed by atoms with Gasteiger partial charge in [-0.2, -0.15) is 5.10 Å². The largest absolute Gasteiger partial charge is 0.231 e. The summed E-state index contributed by atoms with van der Waals surface area (Å²) in [7, 11) is 0. The molecule has 4 heteroatoms. The van der Waals surface area contributed by atoms with Crippen molar-refractivity contribution in [2.75, 3.05) is 0 Å². The van der Waals surface area contributed by atoms with E-state index in [0.717, 1.165) is 83.6 Å². The van der Waals surface area contributed by atoms with Crippen molar-refractivity contribution < 1.29 is 0 Å². The predicted molar refractivity (Wildman–Crippen MR) is 226 cm³/mol. The monoisotopic (exact) mass is 702 g/mol. The van der Waals surface area contributed by atoms with Gasteiger partial charge in [0, 0.05) is 38.8 Å². The van der Waals surface area contributed by atoms with Crippen LogP contribution in [0.1, 0.15) is 0 Å². The van der Waals surface area contributed by atoms with Crippen LogP contribution in [-0.4, -0.2) is 19.6 Å². The normalized spacial score (nSPS) is 11.3. The number of pyridine rings is 1. The number of aromatic nitrogens is 4. The van der Waals surface area contributed by atoms with Crippen LogP contribution in [0, 0.1) is 0 Å². The topological polar surface area (TPSA) is 43.1 Å². The van der Waals surface area contributed by atoms with Crippen LogP contribution in [0.5, 0.6) is 0 Å². The number of hydrogen-bond acceptors (Lipinski definition) is 3. The minimum atomic E-state index is 0.703. The Morgan fingerprint density at radius 1 is 0.345 bits per heavy atom. The lowest BCUT2D eigenvalue weighted by molar-refractivity contribution is 0.976. The Morgan fingerprint density at radius 2 is 0.818 bits per heavy atom. The van der Waals surface area contributed by atoms with Gasteiger partial charge in [-0.25, -0.2) is 14.5 Å². The average molecular weight is 703 g/mol. The van der Waals surface area contributed by atoms with E-state index in [1.807, 2.05) is 42.6 Å². The summed E-state index contributed by atoms with van der Waals surface area (Å²) in [6.45, 7) is 0. The lowest BCUT2D eigenvalue weighted by atomic mass is 9.90. The zero-order valence-electron chi connectivity index (χ0n) is 29.9. The van der Waals surface area contributed by atoms with Crippen LogP contribution in [-0.2, 0) is 0 Å². The first-order valence-corrected chi connectivity index (χ1v) is 18.5. The standard InChI is InChI=1S/C51H34N4/c1-5-17-35(18-6-1)45-34-52-55-49(37-21-9-3-10-22-37)48(43-29-13-14-30-44(43)50(45)55)42-28-16-26-40(32-42)39-25-15-27-41(31-39)47-33-46(36-19-7-2-8-20-36)53-51(54-47)38-23-11-4-12-24-38/h1-34H. The lowest BCUT2D eigenvalue weighted by Gasteiger charge is -2.18. The molecule has 10 rings (SSSR count). The molecule has 0 bridgehead atoms. The molecule has 0 spiro atoms. The van der Waals surface area contributed by atoms with Crippen molar-refractivity contribution in [2.24, 2.45) is 0 Å². The molecular formula is C51H34N4. The third-order valence-corrected chi connectivity index (χ3v) is 10.3. The van der Waals surface area contributed by atoms with Crippen molar-refractivity contribution in [3.8, 4) is 78.5 Å². The Morgan fingerprint density at radius 3 is 1.47 bits per heavy atom. The maximum atomic E-state index is 5.11. The summed E-state index contributed by atoms with van der Waals surface area (Å²) in [6, 6.07) is 70.1. The van der Waals surface area contributed by atoms with Crippen LogP contribution in [0.25, 0.3) is 94.8 Å². The Hall–Kier alpha value is -7.43. The van der Waals surface area contributed by atoms with Gasteiger partial charge in [-0.15, -0.1) is 0 Å². The fourth-order valence-corrected chi connectivity index (χ4v) is 7.68. The second-order valence-corrected chi connectivity index (χ2v) is 13.7. The van der Waals surface area contributed by atoms with Gasteiger partial charge < -0.3 is 0 Å². The third-order valence-electron chi connectivity index (χ3n) is 10.3. The highest BCUT2D eigenvalue weighted by molar-refractivity contribution is 6.13. The van der Waals surface area contributed by atoms with Crippen molar-refractivity contribution in [1.82, 2.24) is 19.6 Å². The highest BCUT2D eigenvalue weighted by Gasteiger charge is 2.22. The molecule has 0 amide bonds. The molecule has 3 heterocycles. The quantitative estimate of drug-likeness (QED) is 0.166. The number of benzene rings is 7. The molecule has 0 aliphatic heterocycles. The van der Waals surface area contributed by atoms with Crippen molar-refractivity contribution in [3.63, 3.8) is 0 Å². The number of rotatable bonds is 7. The van der Waals surface area contributed by atoms with Gasteiger partial charge >= 0.3 is 0 Å². The van der Waals surface area contributed by atoms with E-state index in [1.165, 1.54) is 5.39 Å². The molecule has 0 fully saturated rings. The van der Waals surface area contributed by atoms with Crippen LogP contribution >= 0.6 is 0 Å². The fraction of sp³-hybridized carbons (Fsp3) is 0. The van der Waals surface area contributed by atoms with Crippen molar-refractivity contribution in [3.05, 3.63) is 206 Å². The van der Waals surface area contributed by atoms with Crippen LogP contribution in [0.15, 0.2) is 206 Å². The summed E-state index contributed by atoms with van der Waals surface area (Å²) >= 11 is 0. The van der Waals surface area contributed by atoms with Crippen LogP contribution in [0.3, 0.4) is 0 Å². The van der Waals surface area contributed by atoms with Crippen LogP contribution in [0.2, 0.25) is 0 Å². The fourth-order valence-electron chi connectivity index (χ4n) is 7.68. The van der Waals surface area contributed by atoms with Gasteiger partial charge in [-0.3, -0.25) is 0 Å². The Balaban J connectivity index is 1.15. The second kappa shape index (κ2) is 13.8. The molecule has 0 radical (unpaired) electrons. The summed E-state index contributed by atoms with van der Waals surface area (Å²) in [4.78, 5) is 10.1. The minimum absolute atomic E-state index is 0.703. The van der Waals surface area contributed by atoms with Crippen LogP contribution in [0.4, 0.5) is 0 Å². The molecular weight excluding hydrogens is 669 g/mol. The van der Waals surface area contributed by atoms with Gasteiger partial charge in [0.1, 0.15) is 0 Å². The molecule has 0 saturated carbocycles. The van der Waals surface area contributed by atoms with Gasteiger partial charge in [0.2, 0.25) is 0 Å². The molecule has 10 aromatic rings. The van der Waals surface area contributed by atoms with E-state index in [0.29, 0.717) is 5.82 Å². The predicted octanol–water partition coefficient (Wildman–Crippen LogP) is 12.9. The van der Waals surface area contributed by atoms with E-state index in [4.69, 9.17) is 15.1 Å². The van der Waals surface area contributed by atoms with Gasteiger partial charge in [0.25, 0.3) is 0 Å². The summed E-state index contributed by atoms with van der Waals surface area (Å²) in [6.07, 6.45) is 2.01. The van der Waals surface area contributed by atoms with Gasteiger partial charge in [0.05, 0.1) is 28.8 Å². The van der Waals surface area contributed by atoms with E-state index < -0.39 is 0 Å². The number of nitrogens with zero attached hydrogens (tertiary/aromatic N) is 4. The molecule has 0 unspecified atom stereocenters. The van der Waals surface area contributed by atoms with Gasteiger partial charge in [-0.05, 0) is 45.8 Å². The molecule has 55 heavy (non-hydrogen) atoms. The first-order chi connectivity index (χ1) is 27.3. The molecule has 258 valence electrons. The SMILES string of the molecule is c1ccc(-c2cc(-c3cccc(-c4cccc(-c5c(-c6ccccc6)n6ncc(-c7ccccc7)c6c6ccccc56)c4)c3)nc(-c3ccccc3)n2)cc1. The van der Waals surface area contributed by atoms with E-state index >= 15 is 0 Å². The van der Waals surface area contributed by atoms with Crippen LogP contribution < -0.4 is 0 Å². The summed E-state index contributed by atoms with van der Waals surface area (Å²) in [5.74, 6) is 0.703. The first kappa shape index (κ1) is 32.2. The molecule has 0 aliphatic rings. The molecule has 0 saturated heterocycles. The average Bonchev–Trinajstić information content (AvgIpc) is 3.72. The minimum Gasteiger partial charge on any atom is -0.231 e. The Kier molecular flexibility index (Phi) is 8.12. The smallest absolute Gasteiger partial charge is 0.160 e. The van der Waals surface area contributed by atoms with E-state index in [1.54, 1.807) is 0 Å². The van der Waals surface area contributed by atoms with E-state index in [-0.39, 0.29) is 0 Å². The number of hydrogen-bond donors (Lipinski definition) is 0. The molecule has 0 atom stereocenters. The Bertz CT molecular complexity index is 2900. The Labute approximate surface area is 319 Å². The zero-order valence-corrected chi connectivity index (χ0v) is 29.9. The van der Waals surface area contributed by atoms with Crippen molar-refractivity contribution in [2.45, 2.75) is 0 Å². The summed E-state index contributed by atoms with van der Waals surface area (Å²) < 4.78 is 2.15. The molecule has 7 aromatic carbocycles. The third kappa shape index (κ3) is 5.96. The van der Waals surface area contributed by atoms with E-state index in [9.17, 15) is 0 Å². The lowest BCUT2D eigenvalue weighted by Crippen LogP contribution is -2.00. The second-order valence-electron chi connectivity index (χ2n) is 13.7. The maximum Gasteiger partial charge on any atom is 0.160 e. The molecule has 0 aliphatic carbocycles. The zero-order chi connectivity index (χ0) is 36.6. The van der Waals surface area contributed by atoms with E-state index in [2.05, 4.69) is 168 Å². The summed E-state index contributed by atoms with van der Waals surface area (Å²) in [5.41, 5.74) is 14.9. The molecule has 4 nitrogen and oxygen atoms in total. The van der Waals surface area contributed by atoms with Gasteiger partial charge in [-0.1, -0.05) is 182 Å². The summed E-state index contributed by atoms with van der Waals surface area (Å²) in [5, 5.41) is 7.44. The molecule has 3 aromatic heterocycles. The highest BCUT2D eigenvalue weighted by atomic mass is 15.2. The van der Waals surface area contributed by atoms with Crippen molar-refractivity contribution in [1.29, 1.82) is 0 Å².